The lowest BCUT2D eigenvalue weighted by Gasteiger charge is -2.12. The Labute approximate surface area is 131 Å². The molecule has 0 bridgehead atoms. The Hall–Kier alpha value is -1.32. The van der Waals surface area contributed by atoms with E-state index >= 15 is 0 Å². The van der Waals surface area contributed by atoms with Crippen LogP contribution < -0.4 is 4.74 Å². The zero-order valence-electron chi connectivity index (χ0n) is 11.2. The molecule has 0 aliphatic rings. The van der Waals surface area contributed by atoms with Crippen molar-refractivity contribution >= 4 is 32.2 Å². The zero-order chi connectivity index (χ0) is 14.7. The van der Waals surface area contributed by atoms with E-state index in [-0.39, 0.29) is 11.3 Å². The standard InChI is InChI=1S/C16H14BrClO2/c1-10-6-7-15(11(2)8-10)20-9-13-12(16(17)19)4-3-5-14(13)18/h3-8H,9H2,1-2H3. The fourth-order valence-electron chi connectivity index (χ4n) is 2.00. The topological polar surface area (TPSA) is 26.3 Å². The Balaban J connectivity index is 2.25. The molecule has 0 saturated heterocycles. The van der Waals surface area contributed by atoms with Crippen molar-refractivity contribution in [2.75, 3.05) is 0 Å². The SMILES string of the molecule is Cc1ccc(OCc2c(Cl)cccc2C(=O)Br)c(C)c1. The van der Waals surface area contributed by atoms with Gasteiger partial charge in [0, 0.05) is 16.1 Å². The van der Waals surface area contributed by atoms with Crippen LogP contribution in [0.2, 0.25) is 5.02 Å². The van der Waals surface area contributed by atoms with E-state index in [1.807, 2.05) is 26.0 Å². The van der Waals surface area contributed by atoms with Gasteiger partial charge in [0.1, 0.15) is 12.4 Å². The number of ether oxygens (including phenoxy) is 1. The van der Waals surface area contributed by atoms with Gasteiger partial charge < -0.3 is 4.74 Å². The van der Waals surface area contributed by atoms with E-state index in [2.05, 4.69) is 22.0 Å². The van der Waals surface area contributed by atoms with Crippen molar-refractivity contribution in [3.63, 3.8) is 0 Å². The van der Waals surface area contributed by atoms with Gasteiger partial charge in [0.25, 0.3) is 0 Å². The predicted molar refractivity (Wildman–Crippen MR) is 85.0 cm³/mol. The number of hydrogen-bond donors (Lipinski definition) is 0. The molecular weight excluding hydrogens is 340 g/mol. The molecule has 0 aromatic heterocycles. The van der Waals surface area contributed by atoms with Gasteiger partial charge in [0.2, 0.25) is 4.69 Å². The number of halogens is 2. The molecule has 0 amide bonds. The molecular formula is C16H14BrClO2. The van der Waals surface area contributed by atoms with Crippen molar-refractivity contribution < 1.29 is 9.53 Å². The van der Waals surface area contributed by atoms with Gasteiger partial charge in [0.05, 0.1) is 0 Å². The molecule has 0 aliphatic heterocycles. The molecule has 2 aromatic rings. The summed E-state index contributed by atoms with van der Waals surface area (Å²) in [6, 6.07) is 11.2. The van der Waals surface area contributed by atoms with Crippen LogP contribution in [-0.2, 0) is 6.61 Å². The summed E-state index contributed by atoms with van der Waals surface area (Å²) in [5, 5.41) is 0.528. The molecule has 0 saturated carbocycles. The van der Waals surface area contributed by atoms with Crippen LogP contribution in [0.15, 0.2) is 36.4 Å². The Kier molecular flexibility index (Phi) is 4.84. The van der Waals surface area contributed by atoms with E-state index in [4.69, 9.17) is 16.3 Å². The van der Waals surface area contributed by atoms with Crippen LogP contribution >= 0.6 is 27.5 Å². The third-order valence-corrected chi connectivity index (χ3v) is 3.81. The lowest BCUT2D eigenvalue weighted by Crippen LogP contribution is -2.04. The minimum Gasteiger partial charge on any atom is -0.489 e. The number of rotatable bonds is 4. The molecule has 0 unspecified atom stereocenters. The predicted octanol–water partition coefficient (Wildman–Crippen LogP) is 5.07. The second-order valence-corrected chi connectivity index (χ2v) is 5.72. The van der Waals surface area contributed by atoms with Crippen molar-refractivity contribution in [2.24, 2.45) is 0 Å². The van der Waals surface area contributed by atoms with E-state index in [0.717, 1.165) is 11.3 Å². The van der Waals surface area contributed by atoms with Gasteiger partial charge in [-0.2, -0.15) is 0 Å². The first-order chi connectivity index (χ1) is 9.49. The molecule has 0 fully saturated rings. The first-order valence-electron chi connectivity index (χ1n) is 6.16. The number of carbonyl (C=O) groups excluding carboxylic acids is 1. The van der Waals surface area contributed by atoms with Crippen molar-refractivity contribution in [1.82, 2.24) is 0 Å². The highest BCUT2D eigenvalue weighted by molar-refractivity contribution is 9.18. The highest BCUT2D eigenvalue weighted by Gasteiger charge is 2.13. The van der Waals surface area contributed by atoms with Crippen molar-refractivity contribution in [3.8, 4) is 5.75 Å². The zero-order valence-corrected chi connectivity index (χ0v) is 13.6. The average Bonchev–Trinajstić information content (AvgIpc) is 2.38. The summed E-state index contributed by atoms with van der Waals surface area (Å²) in [5.41, 5.74) is 3.46. The lowest BCUT2D eigenvalue weighted by atomic mass is 10.1. The molecule has 0 aliphatic carbocycles. The smallest absolute Gasteiger partial charge is 0.228 e. The van der Waals surface area contributed by atoms with Crippen LogP contribution in [0.25, 0.3) is 0 Å². The van der Waals surface area contributed by atoms with Crippen LogP contribution in [0, 0.1) is 13.8 Å². The Bertz CT molecular complexity index is 653. The fourth-order valence-corrected chi connectivity index (χ4v) is 2.60. The molecule has 2 aromatic carbocycles. The van der Waals surface area contributed by atoms with Gasteiger partial charge in [-0.05, 0) is 53.5 Å². The minimum absolute atomic E-state index is 0.195. The van der Waals surface area contributed by atoms with E-state index in [9.17, 15) is 4.79 Å². The van der Waals surface area contributed by atoms with E-state index < -0.39 is 0 Å². The Morgan fingerprint density at radius 2 is 2.00 bits per heavy atom. The maximum atomic E-state index is 11.5. The van der Waals surface area contributed by atoms with Gasteiger partial charge in [0.15, 0.2) is 0 Å². The second kappa shape index (κ2) is 6.42. The van der Waals surface area contributed by atoms with Gasteiger partial charge >= 0.3 is 0 Å². The second-order valence-electron chi connectivity index (χ2n) is 4.60. The van der Waals surface area contributed by atoms with Crippen molar-refractivity contribution in [1.29, 1.82) is 0 Å². The number of hydrogen-bond acceptors (Lipinski definition) is 2. The van der Waals surface area contributed by atoms with Crippen LogP contribution in [0.5, 0.6) is 5.75 Å². The first-order valence-corrected chi connectivity index (χ1v) is 7.33. The molecule has 4 heteroatoms. The maximum Gasteiger partial charge on any atom is 0.228 e. The molecule has 0 heterocycles. The molecule has 0 spiro atoms. The lowest BCUT2D eigenvalue weighted by molar-refractivity contribution is 0.109. The van der Waals surface area contributed by atoms with Crippen molar-refractivity contribution in [2.45, 2.75) is 20.5 Å². The molecule has 0 radical (unpaired) electrons. The summed E-state index contributed by atoms with van der Waals surface area (Å²) in [6.45, 7) is 4.29. The summed E-state index contributed by atoms with van der Waals surface area (Å²) in [6.07, 6.45) is 0. The first kappa shape index (κ1) is 15.1. The average molecular weight is 354 g/mol. The summed E-state index contributed by atoms with van der Waals surface area (Å²) in [4.78, 5) is 11.5. The summed E-state index contributed by atoms with van der Waals surface area (Å²) < 4.78 is 5.60. The third-order valence-electron chi connectivity index (χ3n) is 3.03. The number of benzene rings is 2. The van der Waals surface area contributed by atoms with Gasteiger partial charge in [-0.3, -0.25) is 4.79 Å². The van der Waals surface area contributed by atoms with Crippen LogP contribution in [-0.4, -0.2) is 4.69 Å². The summed E-state index contributed by atoms with van der Waals surface area (Å²) >= 11 is 9.12. The van der Waals surface area contributed by atoms with Gasteiger partial charge in [-0.25, -0.2) is 0 Å². The number of carbonyl (C=O) groups is 1. The van der Waals surface area contributed by atoms with Crippen LogP contribution in [0.3, 0.4) is 0 Å². The third kappa shape index (κ3) is 3.41. The molecule has 2 nitrogen and oxygen atoms in total. The van der Waals surface area contributed by atoms with Gasteiger partial charge in [-0.1, -0.05) is 35.4 Å². The quantitative estimate of drug-likeness (QED) is 0.717. The minimum atomic E-state index is -0.195. The van der Waals surface area contributed by atoms with E-state index in [1.54, 1.807) is 18.2 Å². The molecule has 0 atom stereocenters. The molecule has 104 valence electrons. The van der Waals surface area contributed by atoms with Crippen LogP contribution in [0.4, 0.5) is 0 Å². The maximum absolute atomic E-state index is 11.5. The highest BCUT2D eigenvalue weighted by Crippen LogP contribution is 2.25. The van der Waals surface area contributed by atoms with E-state index in [0.29, 0.717) is 16.1 Å². The summed E-state index contributed by atoms with van der Waals surface area (Å²) in [5.74, 6) is 0.795. The fraction of sp³-hybridized carbons (Fsp3) is 0.188. The highest BCUT2D eigenvalue weighted by atomic mass is 79.9. The molecule has 0 N–H and O–H groups in total. The monoisotopic (exact) mass is 352 g/mol. The molecule has 20 heavy (non-hydrogen) atoms. The Morgan fingerprint density at radius 3 is 2.65 bits per heavy atom. The Morgan fingerprint density at radius 1 is 1.25 bits per heavy atom. The largest absolute Gasteiger partial charge is 0.489 e. The summed E-state index contributed by atoms with van der Waals surface area (Å²) in [7, 11) is 0. The van der Waals surface area contributed by atoms with Crippen molar-refractivity contribution in [3.05, 3.63) is 63.7 Å². The van der Waals surface area contributed by atoms with Gasteiger partial charge in [-0.15, -0.1) is 0 Å². The molecule has 2 rings (SSSR count). The van der Waals surface area contributed by atoms with E-state index in [1.165, 1.54) is 5.56 Å². The normalized spacial score (nSPS) is 10.4. The van der Waals surface area contributed by atoms with Crippen LogP contribution in [0.1, 0.15) is 27.0 Å². The number of aryl methyl sites for hydroxylation is 2.